The Morgan fingerprint density at radius 3 is 2.19 bits per heavy atom. The van der Waals surface area contributed by atoms with E-state index >= 15 is 0 Å². The minimum absolute atomic E-state index is 0.00160. The molecule has 0 unspecified atom stereocenters. The van der Waals surface area contributed by atoms with Crippen molar-refractivity contribution in [3.8, 4) is 0 Å². The Kier molecular flexibility index (Phi) is 14.0. The zero-order valence-electron chi connectivity index (χ0n) is 26.2. The highest BCUT2D eigenvalue weighted by Gasteiger charge is 2.39. The lowest BCUT2D eigenvalue weighted by molar-refractivity contribution is -0.142. The van der Waals surface area contributed by atoms with Gasteiger partial charge in [0.05, 0.1) is 0 Å². The summed E-state index contributed by atoms with van der Waals surface area (Å²) in [6.07, 6.45) is 1.99. The fraction of sp³-hybridized carbons (Fsp3) is 0.483. The number of ether oxygens (including phenoxy) is 1. The van der Waals surface area contributed by atoms with Gasteiger partial charge in [-0.25, -0.2) is 4.79 Å². The molecule has 1 aliphatic rings. The smallest absolute Gasteiger partial charge is 0.312 e. The average Bonchev–Trinajstić information content (AvgIpc) is 3.31. The second kappa shape index (κ2) is 17.2. The van der Waals surface area contributed by atoms with Gasteiger partial charge in [0.1, 0.15) is 24.5 Å². The van der Waals surface area contributed by atoms with Crippen molar-refractivity contribution in [2.45, 2.75) is 63.5 Å². The van der Waals surface area contributed by atoms with Crippen molar-refractivity contribution >= 4 is 57.7 Å². The number of carbonyl (C=O) groups is 7. The predicted molar refractivity (Wildman–Crippen MR) is 167 cm³/mol. The van der Waals surface area contributed by atoms with Crippen LogP contribution in [0, 0.1) is 5.92 Å². The summed E-state index contributed by atoms with van der Waals surface area (Å²) in [4.78, 5) is 85.8. The standard InChI is InChI=1S/C29H40N6O11S/c1-18(2)25(33-26(40)22(47(43,44)45)11-14-35-23(38)9-10-24(35)39)27(41)34-29(17-36,12-4-13-31-28(30)42)16-32-21-7-5-20(6-8-21)15-46-19(3)37/h5-10,17-18,22,25,32H,4,11-16H2,1-3H3,(H,33,40)(H,34,41)(H3,30,31,42)(H,43,44,45)/t22-,25-,29+/m0/s1. The molecule has 6 amide bonds. The van der Waals surface area contributed by atoms with Gasteiger partial charge in [-0.1, -0.05) is 26.0 Å². The molecule has 2 rings (SSSR count). The highest BCUT2D eigenvalue weighted by atomic mass is 32.2. The normalized spacial score (nSPS) is 15.4. The Hall–Kier alpha value is -4.84. The second-order valence-corrected chi connectivity index (χ2v) is 12.8. The van der Waals surface area contributed by atoms with Crippen molar-refractivity contribution in [1.82, 2.24) is 20.9 Å². The van der Waals surface area contributed by atoms with E-state index in [1.807, 2.05) is 0 Å². The fourth-order valence-corrected chi connectivity index (χ4v) is 5.26. The Morgan fingerprint density at radius 1 is 1.06 bits per heavy atom. The molecular formula is C29H40N6O11S. The van der Waals surface area contributed by atoms with E-state index in [-0.39, 0.29) is 32.5 Å². The molecule has 17 nitrogen and oxygen atoms in total. The van der Waals surface area contributed by atoms with Crippen LogP contribution in [0.25, 0.3) is 0 Å². The number of carbonyl (C=O) groups excluding carboxylic acids is 7. The van der Waals surface area contributed by atoms with Gasteiger partial charge in [-0.2, -0.15) is 8.42 Å². The zero-order valence-corrected chi connectivity index (χ0v) is 27.0. The lowest BCUT2D eigenvalue weighted by atomic mass is 9.92. The van der Waals surface area contributed by atoms with E-state index in [4.69, 9.17) is 10.5 Å². The van der Waals surface area contributed by atoms with Crippen LogP contribution >= 0.6 is 0 Å². The van der Waals surface area contributed by atoms with Crippen molar-refractivity contribution in [3.63, 3.8) is 0 Å². The first-order valence-corrected chi connectivity index (χ1v) is 16.1. The SMILES string of the molecule is CC(=O)OCc1ccc(NC[C@@](C=O)(CCCNC(N)=O)NC(=O)[C@@H](NC(=O)[C@H](CCN2C(=O)C=CC2=O)S(=O)(=O)O)C(C)C)cc1. The van der Waals surface area contributed by atoms with E-state index in [9.17, 15) is 46.5 Å². The quantitative estimate of drug-likeness (QED) is 0.0351. The Balaban J connectivity index is 2.23. The van der Waals surface area contributed by atoms with Gasteiger partial charge in [0.15, 0.2) is 5.25 Å². The molecule has 0 fully saturated rings. The van der Waals surface area contributed by atoms with Gasteiger partial charge >= 0.3 is 12.0 Å². The van der Waals surface area contributed by atoms with Crippen LogP contribution < -0.4 is 27.0 Å². The average molecular weight is 681 g/mol. The molecule has 0 radical (unpaired) electrons. The molecule has 47 heavy (non-hydrogen) atoms. The predicted octanol–water partition coefficient (Wildman–Crippen LogP) is -0.624. The molecule has 7 N–H and O–H groups in total. The Labute approximate surface area is 271 Å². The molecule has 1 aromatic rings. The number of primary amides is 1. The third kappa shape index (κ3) is 12.1. The second-order valence-electron chi connectivity index (χ2n) is 11.2. The van der Waals surface area contributed by atoms with Gasteiger partial charge in [-0.05, 0) is 42.9 Å². The minimum Gasteiger partial charge on any atom is -0.461 e. The van der Waals surface area contributed by atoms with E-state index in [0.717, 1.165) is 12.2 Å². The molecule has 0 saturated carbocycles. The number of nitrogens with zero attached hydrogens (tertiary/aromatic N) is 1. The number of imide groups is 1. The number of nitrogens with two attached hydrogens (primary N) is 1. The van der Waals surface area contributed by atoms with E-state index in [2.05, 4.69) is 21.3 Å². The van der Waals surface area contributed by atoms with Crippen LogP contribution in [0.1, 0.15) is 45.6 Å². The molecular weight excluding hydrogens is 640 g/mol. The number of benzene rings is 1. The summed E-state index contributed by atoms with van der Waals surface area (Å²) in [5, 5.41) is 8.26. The zero-order chi connectivity index (χ0) is 35.4. The van der Waals surface area contributed by atoms with Crippen molar-refractivity contribution in [1.29, 1.82) is 0 Å². The summed E-state index contributed by atoms with van der Waals surface area (Å²) in [7, 11) is -5.05. The lowest BCUT2D eigenvalue weighted by Gasteiger charge is -2.33. The van der Waals surface area contributed by atoms with Crippen molar-refractivity contribution in [2.24, 2.45) is 11.7 Å². The van der Waals surface area contributed by atoms with E-state index in [1.165, 1.54) is 6.92 Å². The fourth-order valence-electron chi connectivity index (χ4n) is 4.52. The molecule has 1 aromatic carbocycles. The van der Waals surface area contributed by atoms with Gasteiger partial charge in [-0.15, -0.1) is 0 Å². The maximum absolute atomic E-state index is 13.6. The van der Waals surface area contributed by atoms with E-state index < -0.39 is 81.5 Å². The molecule has 0 bridgehead atoms. The van der Waals surface area contributed by atoms with E-state index in [0.29, 0.717) is 22.4 Å². The number of aldehydes is 1. The number of esters is 1. The third-order valence-corrected chi connectivity index (χ3v) is 8.28. The summed E-state index contributed by atoms with van der Waals surface area (Å²) >= 11 is 0. The molecule has 0 spiro atoms. The summed E-state index contributed by atoms with van der Waals surface area (Å²) in [6, 6.07) is 4.51. The summed E-state index contributed by atoms with van der Waals surface area (Å²) in [5.41, 5.74) is 4.76. The topological polar surface area (TPSA) is 260 Å². The third-order valence-electron chi connectivity index (χ3n) is 7.11. The minimum atomic E-state index is -5.05. The maximum Gasteiger partial charge on any atom is 0.312 e. The Bertz CT molecular complexity index is 1460. The van der Waals surface area contributed by atoms with E-state index in [1.54, 1.807) is 38.1 Å². The molecule has 18 heteroatoms. The van der Waals surface area contributed by atoms with Crippen LogP contribution in [0.3, 0.4) is 0 Å². The summed E-state index contributed by atoms with van der Waals surface area (Å²) < 4.78 is 39.0. The number of hydrogen-bond acceptors (Lipinski definition) is 11. The van der Waals surface area contributed by atoms with Crippen LogP contribution in [0.2, 0.25) is 0 Å². The van der Waals surface area contributed by atoms with Crippen LogP contribution in [-0.2, 0) is 50.2 Å². The Morgan fingerprint density at radius 2 is 1.68 bits per heavy atom. The van der Waals surface area contributed by atoms with Crippen molar-refractivity contribution in [3.05, 3.63) is 42.0 Å². The summed E-state index contributed by atoms with van der Waals surface area (Å²) in [6.45, 7) is 3.87. The van der Waals surface area contributed by atoms with Gasteiger partial charge in [0.2, 0.25) is 11.8 Å². The highest BCUT2D eigenvalue weighted by molar-refractivity contribution is 7.87. The highest BCUT2D eigenvalue weighted by Crippen LogP contribution is 2.18. The number of amides is 6. The number of anilines is 1. The van der Waals surface area contributed by atoms with Crippen LogP contribution in [-0.4, -0.2) is 96.3 Å². The first-order valence-electron chi connectivity index (χ1n) is 14.6. The molecule has 258 valence electrons. The van der Waals surface area contributed by atoms with Crippen molar-refractivity contribution in [2.75, 3.05) is 25.0 Å². The first kappa shape index (κ1) is 38.3. The maximum atomic E-state index is 13.6. The number of rotatable bonds is 19. The van der Waals surface area contributed by atoms with Gasteiger partial charge in [-0.3, -0.25) is 33.4 Å². The molecule has 0 aromatic heterocycles. The lowest BCUT2D eigenvalue weighted by Crippen LogP contribution is -2.61. The van der Waals surface area contributed by atoms with Gasteiger partial charge in [0.25, 0.3) is 21.9 Å². The molecule has 3 atom stereocenters. The number of urea groups is 1. The number of hydrogen-bond donors (Lipinski definition) is 6. The first-order chi connectivity index (χ1) is 22.0. The van der Waals surface area contributed by atoms with Gasteiger partial charge < -0.3 is 36.5 Å². The molecule has 1 heterocycles. The number of nitrogens with one attached hydrogen (secondary N) is 4. The molecule has 0 saturated heterocycles. The monoisotopic (exact) mass is 680 g/mol. The van der Waals surface area contributed by atoms with Crippen LogP contribution in [0.5, 0.6) is 0 Å². The van der Waals surface area contributed by atoms with Crippen molar-refractivity contribution < 1.29 is 51.3 Å². The van der Waals surface area contributed by atoms with Crippen LogP contribution in [0.15, 0.2) is 36.4 Å². The summed E-state index contributed by atoms with van der Waals surface area (Å²) in [5.74, 6) is -4.64. The largest absolute Gasteiger partial charge is 0.461 e. The van der Waals surface area contributed by atoms with Gasteiger partial charge in [0, 0.05) is 44.4 Å². The molecule has 0 aliphatic carbocycles. The van der Waals surface area contributed by atoms with Crippen LogP contribution in [0.4, 0.5) is 10.5 Å². The molecule has 1 aliphatic heterocycles.